The first-order valence-corrected chi connectivity index (χ1v) is 13.0. The molecule has 0 bridgehead atoms. The highest BCUT2D eigenvalue weighted by Gasteiger charge is 2.20. The molecule has 0 unspecified atom stereocenters. The Kier molecular flexibility index (Phi) is 8.38. The van der Waals surface area contributed by atoms with Crippen LogP contribution < -0.4 is 5.32 Å². The fourth-order valence-corrected chi connectivity index (χ4v) is 5.15. The Morgan fingerprint density at radius 1 is 1.00 bits per heavy atom. The van der Waals surface area contributed by atoms with E-state index in [1.165, 1.54) is 17.3 Å². The zero-order chi connectivity index (χ0) is 23.8. The van der Waals surface area contributed by atoms with E-state index in [0.29, 0.717) is 6.42 Å². The van der Waals surface area contributed by atoms with Crippen molar-refractivity contribution < 1.29 is 4.79 Å². The molecule has 0 aliphatic heterocycles. The van der Waals surface area contributed by atoms with Crippen LogP contribution in [0, 0.1) is 0 Å². The standard InChI is InChI=1S/C26H27N5OS2/c1-3-31-23(17-20-10-5-4-6-11-20)29-30-26(31)34-19(2)25(32)28-22-13-9-12-21(16-22)18-33-24-14-7-8-15-27-24/h4-16,19H,3,17-18H2,1-2H3,(H,28,32)/t19-/m1/s1. The highest BCUT2D eigenvalue weighted by atomic mass is 32.2. The van der Waals surface area contributed by atoms with Crippen LogP contribution in [0.1, 0.15) is 30.8 Å². The van der Waals surface area contributed by atoms with Crippen LogP contribution in [0.4, 0.5) is 5.69 Å². The maximum Gasteiger partial charge on any atom is 0.237 e. The molecule has 0 aliphatic rings. The quantitative estimate of drug-likeness (QED) is 0.288. The highest BCUT2D eigenvalue weighted by Crippen LogP contribution is 2.26. The molecule has 4 aromatic rings. The van der Waals surface area contributed by atoms with Gasteiger partial charge in [-0.1, -0.05) is 60.3 Å². The van der Waals surface area contributed by atoms with E-state index in [9.17, 15) is 4.79 Å². The van der Waals surface area contributed by atoms with E-state index in [0.717, 1.165) is 39.6 Å². The van der Waals surface area contributed by atoms with Crippen molar-refractivity contribution >= 4 is 35.1 Å². The van der Waals surface area contributed by atoms with Crippen molar-refractivity contribution in [2.24, 2.45) is 0 Å². The van der Waals surface area contributed by atoms with Crippen molar-refractivity contribution in [3.63, 3.8) is 0 Å². The van der Waals surface area contributed by atoms with Crippen molar-refractivity contribution in [2.75, 3.05) is 5.32 Å². The normalized spacial score (nSPS) is 11.8. The second-order valence-electron chi connectivity index (χ2n) is 7.71. The third-order valence-electron chi connectivity index (χ3n) is 5.19. The van der Waals surface area contributed by atoms with Crippen LogP contribution in [0.3, 0.4) is 0 Å². The van der Waals surface area contributed by atoms with Gasteiger partial charge in [-0.15, -0.1) is 22.0 Å². The molecule has 4 rings (SSSR count). The number of benzene rings is 2. The SMILES string of the molecule is CCn1c(Cc2ccccc2)nnc1S[C@H](C)C(=O)Nc1cccc(CSc2ccccn2)c1. The molecule has 6 nitrogen and oxygen atoms in total. The fourth-order valence-electron chi connectivity index (χ4n) is 3.42. The lowest BCUT2D eigenvalue weighted by molar-refractivity contribution is -0.115. The summed E-state index contributed by atoms with van der Waals surface area (Å²) in [4.78, 5) is 17.2. The Morgan fingerprint density at radius 3 is 2.56 bits per heavy atom. The minimum absolute atomic E-state index is 0.0604. The Labute approximate surface area is 208 Å². The molecule has 1 N–H and O–H groups in total. The molecule has 0 saturated carbocycles. The highest BCUT2D eigenvalue weighted by molar-refractivity contribution is 8.00. The lowest BCUT2D eigenvalue weighted by atomic mass is 10.1. The summed E-state index contributed by atoms with van der Waals surface area (Å²) in [6, 6.07) is 24.1. The van der Waals surface area contributed by atoms with Crippen molar-refractivity contribution in [1.29, 1.82) is 0 Å². The third kappa shape index (κ3) is 6.48. The summed E-state index contributed by atoms with van der Waals surface area (Å²) in [5.74, 6) is 1.63. The summed E-state index contributed by atoms with van der Waals surface area (Å²) in [6.07, 6.45) is 2.51. The molecule has 0 radical (unpaired) electrons. The minimum atomic E-state index is -0.314. The zero-order valence-corrected chi connectivity index (χ0v) is 20.9. The number of carbonyl (C=O) groups excluding carboxylic acids is 1. The maximum atomic E-state index is 12.9. The third-order valence-corrected chi connectivity index (χ3v) is 7.28. The molecule has 0 spiro atoms. The monoisotopic (exact) mass is 489 g/mol. The van der Waals surface area contributed by atoms with Gasteiger partial charge in [-0.2, -0.15) is 0 Å². The molecule has 174 valence electrons. The van der Waals surface area contributed by atoms with Gasteiger partial charge in [0.15, 0.2) is 5.16 Å². The van der Waals surface area contributed by atoms with Gasteiger partial charge in [-0.05, 0) is 49.2 Å². The van der Waals surface area contributed by atoms with Crippen LogP contribution in [0.5, 0.6) is 0 Å². The Bertz CT molecular complexity index is 1210. The summed E-state index contributed by atoms with van der Waals surface area (Å²) < 4.78 is 2.08. The van der Waals surface area contributed by atoms with E-state index in [2.05, 4.69) is 50.2 Å². The van der Waals surface area contributed by atoms with Gasteiger partial charge < -0.3 is 9.88 Å². The Hall–Kier alpha value is -3.10. The smallest absolute Gasteiger partial charge is 0.237 e. The van der Waals surface area contributed by atoms with E-state index in [1.807, 2.05) is 61.5 Å². The van der Waals surface area contributed by atoms with Gasteiger partial charge in [-0.25, -0.2) is 4.98 Å². The number of aromatic nitrogens is 4. The number of anilines is 1. The number of rotatable bonds is 10. The first kappa shape index (κ1) is 24.0. The first-order valence-electron chi connectivity index (χ1n) is 11.2. The van der Waals surface area contributed by atoms with Crippen LogP contribution in [0.2, 0.25) is 0 Å². The topological polar surface area (TPSA) is 72.7 Å². The van der Waals surface area contributed by atoms with Crippen LogP contribution in [0.15, 0.2) is 89.2 Å². The number of nitrogens with one attached hydrogen (secondary N) is 1. The van der Waals surface area contributed by atoms with Crippen molar-refractivity contribution in [3.05, 3.63) is 95.9 Å². The molecular weight excluding hydrogens is 462 g/mol. The van der Waals surface area contributed by atoms with Gasteiger partial charge in [0.2, 0.25) is 5.91 Å². The summed E-state index contributed by atoms with van der Waals surface area (Å²) in [7, 11) is 0. The molecule has 2 aromatic heterocycles. The molecule has 0 saturated heterocycles. The van der Waals surface area contributed by atoms with E-state index in [1.54, 1.807) is 18.0 Å². The number of hydrogen-bond donors (Lipinski definition) is 1. The second kappa shape index (κ2) is 11.9. The molecule has 0 aliphatic carbocycles. The van der Waals surface area contributed by atoms with Crippen LogP contribution in [-0.4, -0.2) is 30.9 Å². The van der Waals surface area contributed by atoms with Crippen LogP contribution in [-0.2, 0) is 23.5 Å². The van der Waals surface area contributed by atoms with Crippen LogP contribution in [0.25, 0.3) is 0 Å². The zero-order valence-electron chi connectivity index (χ0n) is 19.2. The van der Waals surface area contributed by atoms with Gasteiger partial charge in [0.25, 0.3) is 0 Å². The van der Waals surface area contributed by atoms with Gasteiger partial charge in [0.05, 0.1) is 10.3 Å². The molecule has 34 heavy (non-hydrogen) atoms. The molecule has 2 heterocycles. The molecular formula is C26H27N5OS2. The predicted octanol–water partition coefficient (Wildman–Crippen LogP) is 5.70. The summed E-state index contributed by atoms with van der Waals surface area (Å²) in [5, 5.41) is 13.2. The summed E-state index contributed by atoms with van der Waals surface area (Å²) in [5.41, 5.74) is 3.11. The van der Waals surface area contributed by atoms with Gasteiger partial charge >= 0.3 is 0 Å². The van der Waals surface area contributed by atoms with Gasteiger partial charge in [0, 0.05) is 30.6 Å². The van der Waals surface area contributed by atoms with E-state index in [-0.39, 0.29) is 11.2 Å². The largest absolute Gasteiger partial charge is 0.325 e. The molecule has 1 amide bonds. The van der Waals surface area contributed by atoms with Crippen molar-refractivity contribution in [3.8, 4) is 0 Å². The average Bonchev–Trinajstić information content (AvgIpc) is 3.25. The number of carbonyl (C=O) groups is 1. The van der Waals surface area contributed by atoms with Crippen LogP contribution >= 0.6 is 23.5 Å². The maximum absolute atomic E-state index is 12.9. The Morgan fingerprint density at radius 2 is 1.79 bits per heavy atom. The lowest BCUT2D eigenvalue weighted by Crippen LogP contribution is -2.23. The van der Waals surface area contributed by atoms with Gasteiger partial charge in [0.1, 0.15) is 5.82 Å². The number of nitrogens with zero attached hydrogens (tertiary/aromatic N) is 4. The van der Waals surface area contributed by atoms with E-state index >= 15 is 0 Å². The Balaban J connectivity index is 1.36. The molecule has 0 fully saturated rings. The minimum Gasteiger partial charge on any atom is -0.325 e. The fraction of sp³-hybridized carbons (Fsp3) is 0.231. The number of hydrogen-bond acceptors (Lipinski definition) is 6. The first-order chi connectivity index (χ1) is 16.6. The number of thioether (sulfide) groups is 2. The second-order valence-corrected chi connectivity index (χ2v) is 10.0. The van der Waals surface area contributed by atoms with Crippen molar-refractivity contribution in [2.45, 2.75) is 48.0 Å². The number of amides is 1. The summed E-state index contributed by atoms with van der Waals surface area (Å²) in [6.45, 7) is 4.72. The molecule has 1 atom stereocenters. The molecule has 2 aromatic carbocycles. The van der Waals surface area contributed by atoms with Crippen molar-refractivity contribution in [1.82, 2.24) is 19.7 Å². The lowest BCUT2D eigenvalue weighted by Gasteiger charge is -2.13. The average molecular weight is 490 g/mol. The summed E-state index contributed by atoms with van der Waals surface area (Å²) >= 11 is 3.10. The number of pyridine rings is 1. The van der Waals surface area contributed by atoms with Gasteiger partial charge in [-0.3, -0.25) is 4.79 Å². The molecule has 8 heteroatoms. The van der Waals surface area contributed by atoms with E-state index in [4.69, 9.17) is 0 Å². The predicted molar refractivity (Wildman–Crippen MR) is 139 cm³/mol. The van der Waals surface area contributed by atoms with E-state index < -0.39 is 0 Å².